The molecule has 0 aromatic heterocycles. The Balaban J connectivity index is 2.32. The second-order valence-electron chi connectivity index (χ2n) is 5.64. The first-order chi connectivity index (χ1) is 12.6. The van der Waals surface area contributed by atoms with Crippen LogP contribution in [0.15, 0.2) is 30.3 Å². The summed E-state index contributed by atoms with van der Waals surface area (Å²) in [6, 6.07) is 9.46. The molecule has 146 valence electrons. The first-order valence-corrected chi connectivity index (χ1v) is 11.2. The first-order valence-electron chi connectivity index (χ1n) is 9.22. The Hall–Kier alpha value is -1.54. The van der Waals surface area contributed by atoms with Crippen molar-refractivity contribution >= 4 is 20.6 Å². The summed E-state index contributed by atoms with van der Waals surface area (Å²) < 4.78 is 22.4. The number of rotatable bonds is 14. The predicted molar refractivity (Wildman–Crippen MR) is 101 cm³/mol. The lowest BCUT2D eigenvalue weighted by Crippen LogP contribution is -2.45. The molecule has 0 amide bonds. The Kier molecular flexibility index (Phi) is 11.0. The van der Waals surface area contributed by atoms with E-state index >= 15 is 0 Å². The van der Waals surface area contributed by atoms with E-state index in [0.29, 0.717) is 37.8 Å². The highest BCUT2D eigenvalue weighted by Crippen LogP contribution is 2.20. The molecule has 6 nitrogen and oxygen atoms in total. The van der Waals surface area contributed by atoms with Gasteiger partial charge in [-0.05, 0) is 33.6 Å². The zero-order valence-corrected chi connectivity index (χ0v) is 17.0. The van der Waals surface area contributed by atoms with E-state index in [9.17, 15) is 9.59 Å². The van der Waals surface area contributed by atoms with Crippen LogP contribution < -0.4 is 0 Å². The van der Waals surface area contributed by atoms with Crippen molar-refractivity contribution < 1.29 is 27.6 Å². The molecule has 26 heavy (non-hydrogen) atoms. The summed E-state index contributed by atoms with van der Waals surface area (Å²) in [5.41, 5.74) is 0.543. The van der Waals surface area contributed by atoms with Gasteiger partial charge in [0.2, 0.25) is 0 Å². The van der Waals surface area contributed by atoms with Crippen LogP contribution in [0.2, 0.25) is 6.04 Å². The molecule has 0 atom stereocenters. The minimum absolute atomic E-state index is 0.200. The minimum Gasteiger partial charge on any atom is -0.457 e. The third kappa shape index (κ3) is 8.22. The van der Waals surface area contributed by atoms with Crippen LogP contribution in [0.1, 0.15) is 50.4 Å². The molecule has 0 aliphatic rings. The summed E-state index contributed by atoms with van der Waals surface area (Å²) in [5.74, 6) is -0.569. The molecule has 0 spiro atoms. The van der Waals surface area contributed by atoms with E-state index in [1.165, 1.54) is 0 Å². The Morgan fingerprint density at radius 3 is 2.00 bits per heavy atom. The number of benzene rings is 1. The topological polar surface area (TPSA) is 71.1 Å². The van der Waals surface area contributed by atoms with Gasteiger partial charge in [-0.25, -0.2) is 0 Å². The average molecular weight is 383 g/mol. The number of Topliss-reactive ketones (excluding diaryl/α,β-unsaturated/α-hetero) is 1. The number of hydrogen-bond donors (Lipinski definition) is 0. The second-order valence-corrected chi connectivity index (χ2v) is 8.37. The fraction of sp³-hybridized carbons (Fsp3) is 0.579. The molecular formula is C19H30O6Si. The quantitative estimate of drug-likeness (QED) is 0.212. The lowest BCUT2D eigenvalue weighted by atomic mass is 10.1. The minimum atomic E-state index is -2.65. The summed E-state index contributed by atoms with van der Waals surface area (Å²) in [5, 5.41) is 0. The van der Waals surface area contributed by atoms with Gasteiger partial charge in [0.05, 0.1) is 0 Å². The number of carbonyl (C=O) groups is 2. The van der Waals surface area contributed by atoms with Gasteiger partial charge in [0.1, 0.15) is 0 Å². The Bertz CT molecular complexity index is 517. The third-order valence-corrected chi connectivity index (χ3v) is 6.82. The van der Waals surface area contributed by atoms with Gasteiger partial charge < -0.3 is 18.0 Å². The van der Waals surface area contributed by atoms with Gasteiger partial charge in [0.15, 0.2) is 12.4 Å². The SMILES string of the molecule is CCO[Si](CCCCC(=O)OCC(=O)c1ccccc1)(OCC)OCC. The lowest BCUT2D eigenvalue weighted by Gasteiger charge is -2.28. The van der Waals surface area contributed by atoms with Gasteiger partial charge in [0.25, 0.3) is 0 Å². The molecule has 0 unspecified atom stereocenters. The van der Waals surface area contributed by atoms with Crippen molar-refractivity contribution in [3.05, 3.63) is 35.9 Å². The lowest BCUT2D eigenvalue weighted by molar-refractivity contribution is -0.142. The van der Waals surface area contributed by atoms with Gasteiger partial charge in [0, 0.05) is 37.8 Å². The number of carbonyl (C=O) groups excluding carboxylic acids is 2. The summed E-state index contributed by atoms with van der Waals surface area (Å²) in [4.78, 5) is 23.7. The monoisotopic (exact) mass is 382 g/mol. The van der Waals surface area contributed by atoms with Crippen molar-refractivity contribution in [2.45, 2.75) is 46.1 Å². The van der Waals surface area contributed by atoms with Crippen molar-refractivity contribution in [1.82, 2.24) is 0 Å². The highest BCUT2D eigenvalue weighted by Gasteiger charge is 2.39. The van der Waals surface area contributed by atoms with Gasteiger partial charge >= 0.3 is 14.8 Å². The Morgan fingerprint density at radius 1 is 0.885 bits per heavy atom. The largest absolute Gasteiger partial charge is 0.500 e. The van der Waals surface area contributed by atoms with E-state index in [-0.39, 0.29) is 24.8 Å². The van der Waals surface area contributed by atoms with Crippen LogP contribution >= 0.6 is 0 Å². The molecule has 0 bridgehead atoms. The molecule has 0 saturated heterocycles. The molecule has 0 radical (unpaired) electrons. The van der Waals surface area contributed by atoms with E-state index in [2.05, 4.69) is 0 Å². The Morgan fingerprint density at radius 2 is 1.46 bits per heavy atom. The Labute approximate surface area is 157 Å². The number of hydrogen-bond acceptors (Lipinski definition) is 6. The van der Waals surface area contributed by atoms with Crippen LogP contribution in [0.5, 0.6) is 0 Å². The maximum Gasteiger partial charge on any atom is 0.500 e. The molecule has 7 heteroatoms. The van der Waals surface area contributed by atoms with Gasteiger partial charge in [-0.2, -0.15) is 0 Å². The summed E-state index contributed by atoms with van der Waals surface area (Å²) >= 11 is 0. The fourth-order valence-electron chi connectivity index (χ4n) is 2.54. The number of esters is 1. The molecule has 0 aliphatic heterocycles. The number of unbranched alkanes of at least 4 members (excludes halogenated alkanes) is 1. The van der Waals surface area contributed by atoms with Crippen LogP contribution in [0.25, 0.3) is 0 Å². The standard InChI is InChI=1S/C19H30O6Si/c1-4-23-26(24-5-2,25-6-3)15-11-10-14-19(21)22-16-18(20)17-12-8-7-9-13-17/h7-9,12-13H,4-6,10-11,14-16H2,1-3H3. The van der Waals surface area contributed by atoms with Crippen LogP contribution in [0, 0.1) is 0 Å². The van der Waals surface area contributed by atoms with Crippen molar-refractivity contribution in [3.8, 4) is 0 Å². The van der Waals surface area contributed by atoms with E-state index < -0.39 is 8.80 Å². The van der Waals surface area contributed by atoms with Crippen molar-refractivity contribution in [3.63, 3.8) is 0 Å². The van der Waals surface area contributed by atoms with Crippen molar-refractivity contribution in [1.29, 1.82) is 0 Å². The molecule has 1 rings (SSSR count). The number of ketones is 1. The van der Waals surface area contributed by atoms with Crippen LogP contribution in [-0.2, 0) is 22.8 Å². The van der Waals surface area contributed by atoms with Gasteiger partial charge in [-0.15, -0.1) is 0 Å². The third-order valence-electron chi connectivity index (χ3n) is 3.67. The van der Waals surface area contributed by atoms with Gasteiger partial charge in [-0.3, -0.25) is 9.59 Å². The van der Waals surface area contributed by atoms with Crippen LogP contribution in [0.3, 0.4) is 0 Å². The molecular weight excluding hydrogens is 352 g/mol. The van der Waals surface area contributed by atoms with Crippen LogP contribution in [-0.4, -0.2) is 47.0 Å². The second kappa shape index (κ2) is 12.8. The van der Waals surface area contributed by atoms with E-state index in [0.717, 1.165) is 6.42 Å². The van der Waals surface area contributed by atoms with Crippen LogP contribution in [0.4, 0.5) is 0 Å². The van der Waals surface area contributed by atoms with E-state index in [4.69, 9.17) is 18.0 Å². The molecule has 1 aromatic carbocycles. The molecule has 0 saturated carbocycles. The van der Waals surface area contributed by atoms with Gasteiger partial charge in [-0.1, -0.05) is 30.3 Å². The molecule has 0 aliphatic carbocycles. The average Bonchev–Trinajstić information content (AvgIpc) is 2.65. The zero-order valence-electron chi connectivity index (χ0n) is 16.0. The normalized spacial score (nSPS) is 11.3. The smallest absolute Gasteiger partial charge is 0.457 e. The van der Waals surface area contributed by atoms with E-state index in [1.807, 2.05) is 26.8 Å². The predicted octanol–water partition coefficient (Wildman–Crippen LogP) is 3.63. The molecule has 0 fully saturated rings. The highest BCUT2D eigenvalue weighted by atomic mass is 28.4. The first kappa shape index (κ1) is 22.5. The number of ether oxygens (including phenoxy) is 1. The van der Waals surface area contributed by atoms with Crippen molar-refractivity contribution in [2.75, 3.05) is 26.4 Å². The molecule has 0 N–H and O–H groups in total. The fourth-order valence-corrected chi connectivity index (χ4v) is 5.22. The maximum atomic E-state index is 11.9. The van der Waals surface area contributed by atoms with E-state index in [1.54, 1.807) is 24.3 Å². The summed E-state index contributed by atoms with van der Waals surface area (Å²) in [6.07, 6.45) is 1.64. The maximum absolute atomic E-state index is 11.9. The molecule has 0 heterocycles. The molecule has 1 aromatic rings. The summed E-state index contributed by atoms with van der Waals surface area (Å²) in [6.45, 7) is 7.14. The highest BCUT2D eigenvalue weighted by molar-refractivity contribution is 6.60. The summed E-state index contributed by atoms with van der Waals surface area (Å²) in [7, 11) is -2.65. The zero-order chi connectivity index (χ0) is 19.3. The van der Waals surface area contributed by atoms with Crippen molar-refractivity contribution in [2.24, 2.45) is 0 Å².